The van der Waals surface area contributed by atoms with Crippen molar-refractivity contribution in [2.45, 2.75) is 52.3 Å². The van der Waals surface area contributed by atoms with Crippen molar-refractivity contribution in [3.8, 4) is 0 Å². The number of carbonyl (C=O) groups is 1. The monoisotopic (exact) mass is 385 g/mol. The highest BCUT2D eigenvalue weighted by molar-refractivity contribution is 5.90. The molecule has 0 aliphatic heterocycles. The SMILES string of the molecule is CC=C(Nc1nc(NC(=O)C(C)C)nc(C2=CC(O)CCC2)n1)C(F)(F)F. The van der Waals surface area contributed by atoms with Gasteiger partial charge < -0.3 is 10.4 Å². The van der Waals surface area contributed by atoms with Crippen LogP contribution < -0.4 is 10.6 Å². The summed E-state index contributed by atoms with van der Waals surface area (Å²) in [6.07, 6.45) is -1.00. The Morgan fingerprint density at radius 1 is 1.26 bits per heavy atom. The number of amides is 1. The molecule has 0 fully saturated rings. The van der Waals surface area contributed by atoms with E-state index < -0.39 is 18.0 Å². The zero-order chi connectivity index (χ0) is 20.2. The lowest BCUT2D eigenvalue weighted by molar-refractivity contribution is -0.119. The van der Waals surface area contributed by atoms with Crippen LogP contribution in [0.4, 0.5) is 25.1 Å². The third-order valence-corrected chi connectivity index (χ3v) is 3.86. The van der Waals surface area contributed by atoms with Crippen LogP contribution in [0.5, 0.6) is 0 Å². The number of nitrogens with one attached hydrogen (secondary N) is 2. The van der Waals surface area contributed by atoms with E-state index in [2.05, 4.69) is 25.6 Å². The number of halogens is 3. The summed E-state index contributed by atoms with van der Waals surface area (Å²) in [6.45, 7) is 4.57. The number of carbonyl (C=O) groups excluding carboxylic acids is 1. The van der Waals surface area contributed by atoms with Gasteiger partial charge in [-0.3, -0.25) is 10.1 Å². The summed E-state index contributed by atoms with van der Waals surface area (Å²) >= 11 is 0. The number of nitrogens with zero attached hydrogens (tertiary/aromatic N) is 3. The van der Waals surface area contributed by atoms with Crippen molar-refractivity contribution >= 4 is 23.4 Å². The first-order valence-corrected chi connectivity index (χ1v) is 8.56. The summed E-state index contributed by atoms with van der Waals surface area (Å²) in [6, 6.07) is 0. The molecule has 0 saturated heterocycles. The quantitative estimate of drug-likeness (QED) is 0.719. The van der Waals surface area contributed by atoms with Gasteiger partial charge in [-0.15, -0.1) is 0 Å². The third-order valence-electron chi connectivity index (χ3n) is 3.86. The lowest BCUT2D eigenvalue weighted by atomic mass is 9.97. The molecule has 1 aliphatic rings. The van der Waals surface area contributed by atoms with E-state index in [1.165, 1.54) is 6.92 Å². The van der Waals surface area contributed by atoms with Crippen LogP contribution in [0.3, 0.4) is 0 Å². The van der Waals surface area contributed by atoms with Crippen LogP contribution in [0.2, 0.25) is 0 Å². The predicted octanol–water partition coefficient (Wildman–Crippen LogP) is 3.27. The molecule has 10 heteroatoms. The number of hydrogen-bond acceptors (Lipinski definition) is 6. The Hall–Kier alpha value is -2.49. The van der Waals surface area contributed by atoms with Gasteiger partial charge in [0.2, 0.25) is 17.8 Å². The molecule has 1 amide bonds. The summed E-state index contributed by atoms with van der Waals surface area (Å²) in [5.74, 6) is -1.12. The average molecular weight is 385 g/mol. The van der Waals surface area contributed by atoms with Gasteiger partial charge in [0.15, 0.2) is 5.82 Å². The van der Waals surface area contributed by atoms with E-state index in [1.807, 2.05) is 0 Å². The highest BCUT2D eigenvalue weighted by Crippen LogP contribution is 2.28. The fraction of sp³-hybridized carbons (Fsp3) is 0.529. The fourth-order valence-corrected chi connectivity index (χ4v) is 2.40. The number of aliphatic hydroxyl groups is 1. The van der Waals surface area contributed by atoms with Gasteiger partial charge in [0.1, 0.15) is 5.70 Å². The lowest BCUT2D eigenvalue weighted by Crippen LogP contribution is -2.23. The first-order valence-electron chi connectivity index (χ1n) is 8.56. The van der Waals surface area contributed by atoms with Crippen molar-refractivity contribution in [2.24, 2.45) is 5.92 Å². The highest BCUT2D eigenvalue weighted by atomic mass is 19.4. The Bertz CT molecular complexity index is 759. The Balaban J connectivity index is 2.43. The van der Waals surface area contributed by atoms with E-state index in [1.54, 1.807) is 19.9 Å². The predicted molar refractivity (Wildman–Crippen MR) is 94.6 cm³/mol. The molecule has 0 saturated carbocycles. The van der Waals surface area contributed by atoms with Crippen molar-refractivity contribution in [2.75, 3.05) is 10.6 Å². The zero-order valence-corrected chi connectivity index (χ0v) is 15.3. The summed E-state index contributed by atoms with van der Waals surface area (Å²) in [5, 5.41) is 14.4. The molecule has 1 aromatic rings. The summed E-state index contributed by atoms with van der Waals surface area (Å²) in [7, 11) is 0. The van der Waals surface area contributed by atoms with Gasteiger partial charge in [-0.05, 0) is 37.8 Å². The van der Waals surface area contributed by atoms with Crippen molar-refractivity contribution < 1.29 is 23.1 Å². The first-order chi connectivity index (χ1) is 12.6. The number of hydrogen-bond donors (Lipinski definition) is 3. The van der Waals surface area contributed by atoms with Crippen molar-refractivity contribution in [1.82, 2.24) is 15.0 Å². The van der Waals surface area contributed by atoms with E-state index in [-0.39, 0.29) is 29.5 Å². The molecule has 1 atom stereocenters. The van der Waals surface area contributed by atoms with Gasteiger partial charge in [0, 0.05) is 5.92 Å². The van der Waals surface area contributed by atoms with Crippen LogP contribution in [0, 0.1) is 5.92 Å². The van der Waals surface area contributed by atoms with Gasteiger partial charge in [-0.25, -0.2) is 0 Å². The molecule has 27 heavy (non-hydrogen) atoms. The van der Waals surface area contributed by atoms with Gasteiger partial charge in [0.05, 0.1) is 6.10 Å². The van der Waals surface area contributed by atoms with Crippen molar-refractivity contribution in [3.05, 3.63) is 23.7 Å². The number of aliphatic hydroxyl groups excluding tert-OH is 1. The Kier molecular flexibility index (Phi) is 6.53. The second-order valence-corrected chi connectivity index (χ2v) is 6.43. The molecule has 0 aromatic carbocycles. The molecular weight excluding hydrogens is 363 g/mol. The normalized spacial score (nSPS) is 18.3. The summed E-state index contributed by atoms with van der Waals surface area (Å²) < 4.78 is 39.0. The van der Waals surface area contributed by atoms with Crippen molar-refractivity contribution in [1.29, 1.82) is 0 Å². The third kappa shape index (κ3) is 5.75. The van der Waals surface area contributed by atoms with Gasteiger partial charge in [-0.1, -0.05) is 19.9 Å². The first kappa shape index (κ1) is 20.8. The molecule has 7 nitrogen and oxygen atoms in total. The smallest absolute Gasteiger partial charge is 0.389 e. The van der Waals surface area contributed by atoms with E-state index in [4.69, 9.17) is 0 Å². The molecule has 0 bridgehead atoms. The molecular formula is C17H22F3N5O2. The maximum atomic E-state index is 13.0. The zero-order valence-electron chi connectivity index (χ0n) is 15.3. The number of anilines is 2. The van der Waals surface area contributed by atoms with Crippen LogP contribution in [0.1, 0.15) is 45.9 Å². The molecule has 0 radical (unpaired) electrons. The minimum Gasteiger partial charge on any atom is -0.389 e. The molecule has 1 heterocycles. The number of rotatable bonds is 5. The maximum Gasteiger partial charge on any atom is 0.431 e. The van der Waals surface area contributed by atoms with Crippen LogP contribution in [0.25, 0.3) is 5.57 Å². The van der Waals surface area contributed by atoms with Crippen LogP contribution >= 0.6 is 0 Å². The second-order valence-electron chi connectivity index (χ2n) is 6.43. The molecule has 2 rings (SSSR count). The highest BCUT2D eigenvalue weighted by Gasteiger charge is 2.34. The molecule has 1 aromatic heterocycles. The number of allylic oxidation sites excluding steroid dienone is 3. The van der Waals surface area contributed by atoms with Gasteiger partial charge in [-0.2, -0.15) is 28.1 Å². The molecule has 1 unspecified atom stereocenters. The lowest BCUT2D eigenvalue weighted by Gasteiger charge is -2.18. The van der Waals surface area contributed by atoms with E-state index >= 15 is 0 Å². The number of aromatic nitrogens is 3. The second kappa shape index (κ2) is 8.47. The minimum atomic E-state index is -4.61. The number of alkyl halides is 3. The van der Waals surface area contributed by atoms with E-state index in [0.717, 1.165) is 6.08 Å². The summed E-state index contributed by atoms with van der Waals surface area (Å²) in [4.78, 5) is 24.0. The van der Waals surface area contributed by atoms with Crippen LogP contribution in [-0.2, 0) is 4.79 Å². The molecule has 148 valence electrons. The standard InChI is InChI=1S/C17H22F3N5O2/c1-4-12(17(18,19)20)21-15-22-13(10-6-5-7-11(26)8-10)23-16(25-15)24-14(27)9(2)3/h4,8-9,11,26H,5-7H2,1-3H3,(H2,21,22,23,24,25,27). The molecule has 3 N–H and O–H groups in total. The van der Waals surface area contributed by atoms with Crippen LogP contribution in [-0.4, -0.2) is 38.2 Å². The Labute approximate surface area is 154 Å². The largest absolute Gasteiger partial charge is 0.431 e. The maximum absolute atomic E-state index is 13.0. The van der Waals surface area contributed by atoms with Gasteiger partial charge in [0.25, 0.3) is 0 Å². The summed E-state index contributed by atoms with van der Waals surface area (Å²) in [5.41, 5.74) is -0.438. The topological polar surface area (TPSA) is 100 Å². The molecule has 1 aliphatic carbocycles. The average Bonchev–Trinajstić information content (AvgIpc) is 2.58. The Morgan fingerprint density at radius 2 is 1.89 bits per heavy atom. The fourth-order valence-electron chi connectivity index (χ4n) is 2.40. The van der Waals surface area contributed by atoms with Crippen LogP contribution in [0.15, 0.2) is 17.8 Å². The minimum absolute atomic E-state index is 0.114. The Morgan fingerprint density at radius 3 is 2.41 bits per heavy atom. The van der Waals surface area contributed by atoms with Crippen molar-refractivity contribution in [3.63, 3.8) is 0 Å². The van der Waals surface area contributed by atoms with E-state index in [9.17, 15) is 23.1 Å². The van der Waals surface area contributed by atoms with E-state index in [0.29, 0.717) is 24.8 Å². The molecule has 0 spiro atoms. The van der Waals surface area contributed by atoms with Gasteiger partial charge >= 0.3 is 6.18 Å².